The van der Waals surface area contributed by atoms with E-state index in [1.165, 1.54) is 0 Å². The van der Waals surface area contributed by atoms with E-state index in [9.17, 15) is 20.4 Å². The first kappa shape index (κ1) is 34.4. The summed E-state index contributed by atoms with van der Waals surface area (Å²) in [6, 6.07) is 43.2. The lowest BCUT2D eigenvalue weighted by Gasteiger charge is -2.40. The van der Waals surface area contributed by atoms with E-state index in [0.29, 0.717) is 0 Å². The van der Waals surface area contributed by atoms with Crippen molar-refractivity contribution < 1.29 is 20.4 Å². The molecule has 4 nitrogen and oxygen atoms in total. The van der Waals surface area contributed by atoms with Gasteiger partial charge in [0.1, 0.15) is 23.0 Å². The van der Waals surface area contributed by atoms with E-state index in [0.717, 1.165) is 74.9 Å². The summed E-state index contributed by atoms with van der Waals surface area (Å²) in [5.41, 5.74) is 8.82. The molecule has 0 aromatic heterocycles. The first-order valence-corrected chi connectivity index (χ1v) is 17.6. The fraction of sp³-hybridized carbons (Fsp3) is 0.217. The monoisotopic (exact) mass is 662 g/mol. The van der Waals surface area contributed by atoms with Crippen LogP contribution in [0.4, 0.5) is 0 Å². The highest BCUT2D eigenvalue weighted by Gasteiger charge is 2.41. The third-order valence-corrected chi connectivity index (χ3v) is 10.4. The lowest BCUT2D eigenvalue weighted by Crippen LogP contribution is -2.32. The highest BCUT2D eigenvalue weighted by atomic mass is 16.3. The minimum atomic E-state index is -0.669. The van der Waals surface area contributed by atoms with Crippen molar-refractivity contribution in [1.29, 1.82) is 0 Å². The summed E-state index contributed by atoms with van der Waals surface area (Å²) in [6.07, 6.45) is 2.42. The molecule has 4 N–H and O–H groups in total. The van der Waals surface area contributed by atoms with Crippen LogP contribution in [0.15, 0.2) is 133 Å². The molecule has 3 atom stereocenters. The van der Waals surface area contributed by atoms with Crippen LogP contribution in [-0.2, 0) is 5.41 Å². The minimum absolute atomic E-state index is 0.0931. The third kappa shape index (κ3) is 6.84. The molecule has 0 aliphatic carbocycles. The van der Waals surface area contributed by atoms with Crippen LogP contribution < -0.4 is 0 Å². The molecule has 0 spiro atoms. The van der Waals surface area contributed by atoms with E-state index in [1.807, 2.05) is 48.5 Å². The molecular formula is C46H46O4. The molecule has 0 saturated carbocycles. The lowest BCUT2D eigenvalue weighted by atomic mass is 9.62. The summed E-state index contributed by atoms with van der Waals surface area (Å²) in [5.74, 6) is 0.611. The minimum Gasteiger partial charge on any atom is -0.508 e. The summed E-state index contributed by atoms with van der Waals surface area (Å²) in [5, 5.41) is 44.1. The Morgan fingerprint density at radius 1 is 0.540 bits per heavy atom. The average molecular weight is 663 g/mol. The van der Waals surface area contributed by atoms with E-state index in [2.05, 4.69) is 82.3 Å². The van der Waals surface area contributed by atoms with E-state index >= 15 is 0 Å². The zero-order valence-electron chi connectivity index (χ0n) is 29.3. The molecule has 50 heavy (non-hydrogen) atoms. The van der Waals surface area contributed by atoms with E-state index in [1.54, 1.807) is 30.3 Å². The maximum Gasteiger partial charge on any atom is 0.122 e. The Balaban J connectivity index is 1.63. The van der Waals surface area contributed by atoms with Crippen LogP contribution in [0.2, 0.25) is 0 Å². The first-order chi connectivity index (χ1) is 24.1. The number of aromatic hydroxyl groups is 4. The predicted octanol–water partition coefficient (Wildman–Crippen LogP) is 11.9. The molecule has 6 aromatic rings. The van der Waals surface area contributed by atoms with Gasteiger partial charge in [-0.3, -0.25) is 0 Å². The van der Waals surface area contributed by atoms with Gasteiger partial charge >= 0.3 is 0 Å². The zero-order valence-corrected chi connectivity index (χ0v) is 29.3. The molecule has 6 rings (SSSR count). The van der Waals surface area contributed by atoms with Gasteiger partial charge in [-0.15, -0.1) is 0 Å². The van der Waals surface area contributed by atoms with E-state index in [4.69, 9.17) is 0 Å². The number of hydrogen-bond donors (Lipinski definition) is 4. The third-order valence-electron chi connectivity index (χ3n) is 10.4. The van der Waals surface area contributed by atoms with Crippen molar-refractivity contribution in [3.05, 3.63) is 156 Å². The maximum atomic E-state index is 12.4. The molecule has 0 fully saturated rings. The highest BCUT2D eigenvalue weighted by molar-refractivity contribution is 5.72. The quantitative estimate of drug-likeness (QED) is 0.111. The van der Waals surface area contributed by atoms with E-state index in [-0.39, 0.29) is 34.8 Å². The van der Waals surface area contributed by atoms with Gasteiger partial charge in [0.25, 0.3) is 0 Å². The van der Waals surface area contributed by atoms with E-state index < -0.39 is 5.41 Å². The normalized spacial score (nSPS) is 13.8. The number of benzene rings is 6. The predicted molar refractivity (Wildman–Crippen MR) is 205 cm³/mol. The van der Waals surface area contributed by atoms with Crippen molar-refractivity contribution in [2.45, 2.75) is 64.2 Å². The number of hydrogen-bond acceptors (Lipinski definition) is 4. The Morgan fingerprint density at radius 3 is 1.62 bits per heavy atom. The van der Waals surface area contributed by atoms with Crippen LogP contribution in [-0.4, -0.2) is 20.4 Å². The van der Waals surface area contributed by atoms with Crippen molar-refractivity contribution in [2.75, 3.05) is 0 Å². The molecule has 0 radical (unpaired) electrons. The van der Waals surface area contributed by atoms with Crippen LogP contribution in [0, 0.1) is 0 Å². The van der Waals surface area contributed by atoms with Crippen LogP contribution >= 0.6 is 0 Å². The molecule has 0 bridgehead atoms. The second kappa shape index (κ2) is 14.6. The van der Waals surface area contributed by atoms with Crippen molar-refractivity contribution in [2.24, 2.45) is 0 Å². The topological polar surface area (TPSA) is 80.9 Å². The van der Waals surface area contributed by atoms with Crippen molar-refractivity contribution in [3.63, 3.8) is 0 Å². The van der Waals surface area contributed by atoms with Gasteiger partial charge < -0.3 is 20.4 Å². The zero-order chi connectivity index (χ0) is 35.4. The Labute approximate surface area is 296 Å². The fourth-order valence-corrected chi connectivity index (χ4v) is 7.49. The summed E-state index contributed by atoms with van der Waals surface area (Å²) in [4.78, 5) is 0. The molecule has 0 amide bonds. The molecule has 0 aliphatic heterocycles. The fourth-order valence-electron chi connectivity index (χ4n) is 7.49. The first-order valence-electron chi connectivity index (χ1n) is 17.6. The van der Waals surface area contributed by atoms with Crippen LogP contribution in [0.1, 0.15) is 81.0 Å². The van der Waals surface area contributed by atoms with Crippen molar-refractivity contribution in [1.82, 2.24) is 0 Å². The Kier molecular flexibility index (Phi) is 10.0. The number of phenolic OH excluding ortho intramolecular Hbond substituents is 4. The van der Waals surface area contributed by atoms with Gasteiger partial charge in [-0.05, 0) is 112 Å². The molecule has 3 unspecified atom stereocenters. The summed E-state index contributed by atoms with van der Waals surface area (Å²) >= 11 is 0. The molecule has 254 valence electrons. The molecule has 0 aliphatic rings. The molecule has 6 aromatic carbocycles. The largest absolute Gasteiger partial charge is 0.508 e. The van der Waals surface area contributed by atoms with Crippen molar-refractivity contribution >= 4 is 0 Å². The summed E-state index contributed by atoms with van der Waals surface area (Å²) < 4.78 is 0. The molecular weight excluding hydrogens is 617 g/mol. The van der Waals surface area contributed by atoms with Gasteiger partial charge in [-0.25, -0.2) is 0 Å². The van der Waals surface area contributed by atoms with Crippen LogP contribution in [0.5, 0.6) is 23.0 Å². The van der Waals surface area contributed by atoms with Gasteiger partial charge in [0, 0.05) is 22.5 Å². The molecule has 4 heteroatoms. The van der Waals surface area contributed by atoms with Gasteiger partial charge in [0.2, 0.25) is 0 Å². The Bertz CT molecular complexity index is 2050. The van der Waals surface area contributed by atoms with Crippen LogP contribution in [0.25, 0.3) is 33.4 Å². The second-order valence-electron chi connectivity index (χ2n) is 13.7. The smallest absolute Gasteiger partial charge is 0.122 e. The van der Waals surface area contributed by atoms with Crippen molar-refractivity contribution in [3.8, 4) is 56.4 Å². The number of phenols is 4. The van der Waals surface area contributed by atoms with Gasteiger partial charge in [-0.2, -0.15) is 0 Å². The Hall–Kier alpha value is -5.48. The lowest BCUT2D eigenvalue weighted by molar-refractivity contribution is 0.348. The number of rotatable bonds is 11. The molecule has 0 heterocycles. The standard InChI is InChI=1S/C46H46O4/c1-5-26-46(4,42-29-36(20-25-43(42)49)33-16-21-38(47)22-17-33)44(35-14-12-32(13-15-35)31-10-8-7-9-11-31)41-28-37(34-18-23-39(48)24-19-34)27-40(45(41)50)30(3)6-2/h7-25,27-30,44,47-50H,5-6,26H2,1-4H3. The van der Waals surface area contributed by atoms with Gasteiger partial charge in [0.05, 0.1) is 0 Å². The second-order valence-corrected chi connectivity index (χ2v) is 13.7. The molecule has 0 saturated heterocycles. The maximum absolute atomic E-state index is 12.4. The summed E-state index contributed by atoms with van der Waals surface area (Å²) in [6.45, 7) is 8.63. The average Bonchev–Trinajstić information content (AvgIpc) is 3.14. The Morgan fingerprint density at radius 2 is 1.04 bits per heavy atom. The highest BCUT2D eigenvalue weighted by Crippen LogP contribution is 2.53. The van der Waals surface area contributed by atoms with Gasteiger partial charge in [-0.1, -0.05) is 119 Å². The van der Waals surface area contributed by atoms with Gasteiger partial charge in [0.15, 0.2) is 0 Å². The SMILES string of the molecule is CCCC(C)(c1cc(-c2ccc(O)cc2)ccc1O)C(c1ccc(-c2ccccc2)cc1)c1cc(-c2ccc(O)cc2)cc(C(C)CC)c1O. The summed E-state index contributed by atoms with van der Waals surface area (Å²) in [7, 11) is 0. The van der Waals surface area contributed by atoms with Crippen LogP contribution in [0.3, 0.4) is 0 Å².